The van der Waals surface area contributed by atoms with E-state index in [1.54, 1.807) is 23.5 Å². The van der Waals surface area contributed by atoms with Gasteiger partial charge in [-0.25, -0.2) is 0 Å². The Morgan fingerprint density at radius 1 is 1.12 bits per heavy atom. The van der Waals surface area contributed by atoms with Crippen LogP contribution in [0.25, 0.3) is 0 Å². The van der Waals surface area contributed by atoms with Crippen LogP contribution < -0.4 is 20.1 Å². The lowest BCUT2D eigenvalue weighted by molar-refractivity contribution is 0.0935. The minimum atomic E-state index is -0.400. The summed E-state index contributed by atoms with van der Waals surface area (Å²) < 4.78 is 10.4. The SMILES string of the molecule is COc1cc(C2NC(=O)c3c(sc4c3CCCC4)N2)cc(OC)c1O. The number of methoxy groups -OCH3 is 2. The second-order valence-electron chi connectivity index (χ2n) is 6.24. The Balaban J connectivity index is 1.72. The highest BCUT2D eigenvalue weighted by atomic mass is 32.1. The van der Waals surface area contributed by atoms with Crippen LogP contribution in [0.2, 0.25) is 0 Å². The number of hydrogen-bond acceptors (Lipinski definition) is 6. The number of nitrogens with one attached hydrogen (secondary N) is 2. The standard InChI is InChI=1S/C18H20N2O4S/c1-23-11-7-9(8-12(24-2)15(11)21)16-19-17(22)14-10-5-3-4-6-13(10)25-18(14)20-16/h7-8,16,20-21H,3-6H2,1-2H3,(H,19,22). The molecule has 2 aromatic rings. The smallest absolute Gasteiger partial charge is 0.256 e. The summed E-state index contributed by atoms with van der Waals surface area (Å²) in [4.78, 5) is 14.0. The number of aryl methyl sites for hydroxylation is 1. The van der Waals surface area contributed by atoms with Gasteiger partial charge in [-0.1, -0.05) is 0 Å². The van der Waals surface area contributed by atoms with Gasteiger partial charge < -0.3 is 25.2 Å². The van der Waals surface area contributed by atoms with Gasteiger partial charge in [-0.3, -0.25) is 4.79 Å². The molecule has 1 aromatic carbocycles. The van der Waals surface area contributed by atoms with Crippen LogP contribution in [-0.2, 0) is 12.8 Å². The Hall–Kier alpha value is -2.41. The Morgan fingerprint density at radius 2 is 1.80 bits per heavy atom. The molecule has 6 nitrogen and oxygen atoms in total. The second kappa shape index (κ2) is 6.15. The molecule has 1 aliphatic carbocycles. The van der Waals surface area contributed by atoms with E-state index in [0.717, 1.165) is 35.4 Å². The summed E-state index contributed by atoms with van der Waals surface area (Å²) in [6.45, 7) is 0. The molecule has 0 fully saturated rings. The largest absolute Gasteiger partial charge is 0.502 e. The number of carbonyl (C=O) groups excluding carboxylic acids is 1. The fourth-order valence-corrected chi connectivity index (χ4v) is 4.84. The molecule has 0 bridgehead atoms. The van der Waals surface area contributed by atoms with E-state index in [1.165, 1.54) is 31.1 Å². The maximum atomic E-state index is 12.7. The molecule has 4 rings (SSSR count). The molecule has 0 spiro atoms. The summed E-state index contributed by atoms with van der Waals surface area (Å²) in [5.41, 5.74) is 2.76. The molecule has 0 saturated carbocycles. The zero-order valence-electron chi connectivity index (χ0n) is 14.1. The molecule has 1 aromatic heterocycles. The van der Waals surface area contributed by atoms with Crippen LogP contribution >= 0.6 is 11.3 Å². The maximum absolute atomic E-state index is 12.7. The van der Waals surface area contributed by atoms with Gasteiger partial charge in [0.1, 0.15) is 11.2 Å². The highest BCUT2D eigenvalue weighted by molar-refractivity contribution is 7.16. The first-order valence-corrected chi connectivity index (χ1v) is 9.11. The topological polar surface area (TPSA) is 79.8 Å². The first-order valence-electron chi connectivity index (χ1n) is 8.29. The summed E-state index contributed by atoms with van der Waals surface area (Å²) >= 11 is 1.68. The number of carbonyl (C=O) groups is 1. The van der Waals surface area contributed by atoms with E-state index in [-0.39, 0.29) is 11.7 Å². The third kappa shape index (κ3) is 2.59. The summed E-state index contributed by atoms with van der Waals surface area (Å²) in [5.74, 6) is 0.510. The zero-order chi connectivity index (χ0) is 17.6. The number of hydrogen-bond donors (Lipinski definition) is 3. The molecule has 2 heterocycles. The number of phenols is 1. The minimum absolute atomic E-state index is 0.0517. The van der Waals surface area contributed by atoms with Crippen LogP contribution in [0.3, 0.4) is 0 Å². The molecule has 1 aliphatic heterocycles. The predicted molar refractivity (Wildman–Crippen MR) is 96.0 cm³/mol. The highest BCUT2D eigenvalue weighted by Crippen LogP contribution is 2.43. The van der Waals surface area contributed by atoms with Crippen molar-refractivity contribution in [3.63, 3.8) is 0 Å². The van der Waals surface area contributed by atoms with Crippen molar-refractivity contribution in [3.8, 4) is 17.2 Å². The van der Waals surface area contributed by atoms with Gasteiger partial charge in [0.25, 0.3) is 5.91 Å². The number of aromatic hydroxyl groups is 1. The number of amides is 1. The number of anilines is 1. The number of phenolic OH excluding ortho intramolecular Hbond substituents is 1. The molecule has 132 valence electrons. The van der Waals surface area contributed by atoms with Crippen LogP contribution in [0.1, 0.15) is 45.4 Å². The monoisotopic (exact) mass is 360 g/mol. The van der Waals surface area contributed by atoms with E-state index in [0.29, 0.717) is 11.5 Å². The Kier molecular flexibility index (Phi) is 3.95. The first kappa shape index (κ1) is 16.1. The molecular formula is C18H20N2O4S. The van der Waals surface area contributed by atoms with Crippen molar-refractivity contribution in [2.75, 3.05) is 19.5 Å². The lowest BCUT2D eigenvalue weighted by Gasteiger charge is -2.27. The van der Waals surface area contributed by atoms with Crippen molar-refractivity contribution in [2.24, 2.45) is 0 Å². The molecule has 1 unspecified atom stereocenters. The van der Waals surface area contributed by atoms with E-state index >= 15 is 0 Å². The predicted octanol–water partition coefficient (Wildman–Crippen LogP) is 3.20. The Morgan fingerprint density at radius 3 is 2.48 bits per heavy atom. The van der Waals surface area contributed by atoms with Gasteiger partial charge in [-0.2, -0.15) is 0 Å². The van der Waals surface area contributed by atoms with Gasteiger partial charge in [0.2, 0.25) is 5.75 Å². The Labute approximate surface area is 149 Å². The third-order valence-electron chi connectivity index (χ3n) is 4.78. The highest BCUT2D eigenvalue weighted by Gasteiger charge is 2.32. The zero-order valence-corrected chi connectivity index (χ0v) is 15.0. The average Bonchev–Trinajstić information content (AvgIpc) is 3.00. The van der Waals surface area contributed by atoms with Crippen molar-refractivity contribution >= 4 is 22.2 Å². The summed E-state index contributed by atoms with van der Waals surface area (Å²) in [7, 11) is 2.97. The Bertz CT molecular complexity index is 821. The van der Waals surface area contributed by atoms with E-state index in [9.17, 15) is 9.90 Å². The fraction of sp³-hybridized carbons (Fsp3) is 0.389. The van der Waals surface area contributed by atoms with Gasteiger partial charge in [0.05, 0.1) is 19.8 Å². The summed E-state index contributed by atoms with van der Waals surface area (Å²) in [5, 5.41) is 17.4. The van der Waals surface area contributed by atoms with Crippen molar-refractivity contribution in [2.45, 2.75) is 31.8 Å². The van der Waals surface area contributed by atoms with Crippen LogP contribution in [0.5, 0.6) is 17.2 Å². The summed E-state index contributed by atoms with van der Waals surface area (Å²) in [6.07, 6.45) is 3.95. The average molecular weight is 360 g/mol. The first-order chi connectivity index (χ1) is 12.1. The molecule has 1 amide bonds. The lowest BCUT2D eigenvalue weighted by Crippen LogP contribution is -2.38. The molecule has 0 saturated heterocycles. The second-order valence-corrected chi connectivity index (χ2v) is 7.35. The van der Waals surface area contributed by atoms with Gasteiger partial charge in [0, 0.05) is 10.4 Å². The third-order valence-corrected chi connectivity index (χ3v) is 6.01. The lowest BCUT2D eigenvalue weighted by atomic mass is 9.94. The number of thiophene rings is 1. The molecular weight excluding hydrogens is 340 g/mol. The van der Waals surface area contributed by atoms with Gasteiger partial charge in [-0.15, -0.1) is 11.3 Å². The molecule has 25 heavy (non-hydrogen) atoms. The van der Waals surface area contributed by atoms with Gasteiger partial charge in [-0.05, 0) is 43.4 Å². The number of fused-ring (bicyclic) bond motifs is 3. The number of benzene rings is 1. The molecule has 3 N–H and O–H groups in total. The minimum Gasteiger partial charge on any atom is -0.502 e. The van der Waals surface area contributed by atoms with Crippen LogP contribution in [0.4, 0.5) is 5.00 Å². The normalized spacial score (nSPS) is 18.6. The number of rotatable bonds is 3. The molecule has 2 aliphatic rings. The molecule has 7 heteroatoms. The number of ether oxygens (including phenoxy) is 2. The summed E-state index contributed by atoms with van der Waals surface area (Å²) in [6, 6.07) is 3.41. The van der Waals surface area contributed by atoms with Crippen molar-refractivity contribution in [1.29, 1.82) is 0 Å². The van der Waals surface area contributed by atoms with Crippen LogP contribution in [0, 0.1) is 0 Å². The van der Waals surface area contributed by atoms with Crippen molar-refractivity contribution < 1.29 is 19.4 Å². The fourth-order valence-electron chi connectivity index (χ4n) is 3.53. The van der Waals surface area contributed by atoms with E-state index in [2.05, 4.69) is 10.6 Å². The van der Waals surface area contributed by atoms with Gasteiger partial charge in [0.15, 0.2) is 11.5 Å². The van der Waals surface area contributed by atoms with Crippen LogP contribution in [0.15, 0.2) is 12.1 Å². The van der Waals surface area contributed by atoms with Gasteiger partial charge >= 0.3 is 0 Å². The molecule has 1 atom stereocenters. The molecule has 0 radical (unpaired) electrons. The quantitative estimate of drug-likeness (QED) is 0.783. The maximum Gasteiger partial charge on any atom is 0.256 e. The van der Waals surface area contributed by atoms with E-state index in [4.69, 9.17) is 9.47 Å². The van der Waals surface area contributed by atoms with E-state index < -0.39 is 6.17 Å². The van der Waals surface area contributed by atoms with Crippen molar-refractivity contribution in [3.05, 3.63) is 33.7 Å². The van der Waals surface area contributed by atoms with Crippen molar-refractivity contribution in [1.82, 2.24) is 5.32 Å². The van der Waals surface area contributed by atoms with E-state index in [1.807, 2.05) is 0 Å². The van der Waals surface area contributed by atoms with Crippen LogP contribution in [-0.4, -0.2) is 25.2 Å².